The molecule has 0 aliphatic rings. The predicted octanol–water partition coefficient (Wildman–Crippen LogP) is 1.77. The highest BCUT2D eigenvalue weighted by molar-refractivity contribution is 5.59. The molecule has 0 spiro atoms. The van der Waals surface area contributed by atoms with E-state index in [-0.39, 0.29) is 28.8 Å². The Morgan fingerprint density at radius 2 is 1.74 bits per heavy atom. The van der Waals surface area contributed by atoms with Gasteiger partial charge in [-0.2, -0.15) is 15.0 Å². The number of aryl methyl sites for hydroxylation is 1. The molecule has 2 rings (SSSR count). The van der Waals surface area contributed by atoms with E-state index in [1.165, 1.54) is 19.1 Å². The zero-order chi connectivity index (χ0) is 14.2. The van der Waals surface area contributed by atoms with E-state index >= 15 is 0 Å². The maximum atomic E-state index is 13.9. The van der Waals surface area contributed by atoms with E-state index < -0.39 is 11.6 Å². The number of benzene rings is 1. The predicted molar refractivity (Wildman–Crippen MR) is 68.7 cm³/mol. The number of halogens is 2. The molecule has 1 heterocycles. The van der Waals surface area contributed by atoms with E-state index in [1.807, 2.05) is 0 Å². The van der Waals surface area contributed by atoms with Crippen LogP contribution >= 0.6 is 0 Å². The van der Waals surface area contributed by atoms with Crippen LogP contribution in [-0.4, -0.2) is 29.0 Å². The van der Waals surface area contributed by atoms with Gasteiger partial charge in [0.25, 0.3) is 0 Å². The van der Waals surface area contributed by atoms with E-state index in [0.29, 0.717) is 0 Å². The minimum atomic E-state index is -0.990. The quantitative estimate of drug-likeness (QED) is 0.896. The monoisotopic (exact) mass is 265 g/mol. The van der Waals surface area contributed by atoms with Crippen molar-refractivity contribution in [2.24, 2.45) is 0 Å². The summed E-state index contributed by atoms with van der Waals surface area (Å²) in [5.41, 5.74) is 5.72. The number of anilines is 2. The third-order valence-electron chi connectivity index (χ3n) is 2.56. The lowest BCUT2D eigenvalue weighted by Gasteiger charge is -2.12. The van der Waals surface area contributed by atoms with Crippen LogP contribution < -0.4 is 10.6 Å². The zero-order valence-electron chi connectivity index (χ0n) is 10.8. The molecule has 2 N–H and O–H groups in total. The SMILES string of the molecule is Cc1ccc(-c2nc(N)nc(N(C)C)n2)c(F)c1F. The first-order valence-corrected chi connectivity index (χ1v) is 5.54. The van der Waals surface area contributed by atoms with Crippen LogP contribution in [0.3, 0.4) is 0 Å². The first-order chi connectivity index (χ1) is 8.90. The van der Waals surface area contributed by atoms with Gasteiger partial charge in [-0.15, -0.1) is 0 Å². The summed E-state index contributed by atoms with van der Waals surface area (Å²) in [4.78, 5) is 13.4. The summed E-state index contributed by atoms with van der Waals surface area (Å²) < 4.78 is 27.4. The van der Waals surface area contributed by atoms with Crippen molar-refractivity contribution in [2.75, 3.05) is 24.7 Å². The number of nitrogen functional groups attached to an aromatic ring is 1. The normalized spacial score (nSPS) is 10.6. The fourth-order valence-electron chi connectivity index (χ4n) is 1.52. The number of hydrogen-bond acceptors (Lipinski definition) is 5. The van der Waals surface area contributed by atoms with Crippen LogP contribution in [0.5, 0.6) is 0 Å². The highest BCUT2D eigenvalue weighted by Crippen LogP contribution is 2.24. The Morgan fingerprint density at radius 1 is 1.05 bits per heavy atom. The third kappa shape index (κ3) is 2.44. The molecule has 19 heavy (non-hydrogen) atoms. The number of hydrogen-bond donors (Lipinski definition) is 1. The summed E-state index contributed by atoms with van der Waals surface area (Å²) >= 11 is 0. The van der Waals surface area contributed by atoms with Crippen molar-refractivity contribution in [3.8, 4) is 11.4 Å². The summed E-state index contributed by atoms with van der Waals surface area (Å²) in [5.74, 6) is -1.66. The van der Waals surface area contributed by atoms with Crippen molar-refractivity contribution in [3.63, 3.8) is 0 Å². The molecule has 1 aromatic carbocycles. The molecule has 2 aromatic rings. The van der Waals surface area contributed by atoms with E-state index in [1.54, 1.807) is 19.0 Å². The second kappa shape index (κ2) is 4.75. The Bertz CT molecular complexity index is 628. The maximum Gasteiger partial charge on any atom is 0.230 e. The second-order valence-electron chi connectivity index (χ2n) is 4.27. The van der Waals surface area contributed by atoms with E-state index in [2.05, 4.69) is 15.0 Å². The standard InChI is InChI=1S/C12H13F2N5/c1-6-4-5-7(9(14)8(6)13)10-16-11(15)18-12(17-10)19(2)3/h4-5H,1-3H3,(H2,15,16,17,18). The second-order valence-corrected chi connectivity index (χ2v) is 4.27. The van der Waals surface area contributed by atoms with Gasteiger partial charge in [0, 0.05) is 14.1 Å². The third-order valence-corrected chi connectivity index (χ3v) is 2.56. The number of nitrogens with zero attached hydrogens (tertiary/aromatic N) is 4. The fraction of sp³-hybridized carbons (Fsp3) is 0.250. The number of nitrogens with two attached hydrogens (primary N) is 1. The molecule has 5 nitrogen and oxygen atoms in total. The average Bonchev–Trinajstić information content (AvgIpc) is 2.35. The van der Waals surface area contributed by atoms with Crippen LogP contribution in [0.25, 0.3) is 11.4 Å². The lowest BCUT2D eigenvalue weighted by Crippen LogP contribution is -2.15. The van der Waals surface area contributed by atoms with Crippen molar-refractivity contribution >= 4 is 11.9 Å². The van der Waals surface area contributed by atoms with E-state index in [9.17, 15) is 8.78 Å². The average molecular weight is 265 g/mol. The van der Waals surface area contributed by atoms with Gasteiger partial charge < -0.3 is 10.6 Å². The molecular formula is C12H13F2N5. The van der Waals surface area contributed by atoms with Crippen molar-refractivity contribution in [1.29, 1.82) is 0 Å². The molecule has 0 bridgehead atoms. The molecule has 0 unspecified atom stereocenters. The molecule has 0 atom stereocenters. The molecule has 0 amide bonds. The molecule has 0 radical (unpaired) electrons. The molecule has 7 heteroatoms. The molecule has 0 saturated heterocycles. The van der Waals surface area contributed by atoms with Gasteiger partial charge in [0.15, 0.2) is 17.5 Å². The van der Waals surface area contributed by atoms with Crippen molar-refractivity contribution in [1.82, 2.24) is 15.0 Å². The van der Waals surface area contributed by atoms with Crippen LogP contribution in [0.4, 0.5) is 20.7 Å². The van der Waals surface area contributed by atoms with Crippen molar-refractivity contribution < 1.29 is 8.78 Å². The zero-order valence-corrected chi connectivity index (χ0v) is 10.8. The lowest BCUT2D eigenvalue weighted by atomic mass is 10.1. The van der Waals surface area contributed by atoms with Gasteiger partial charge in [0.2, 0.25) is 11.9 Å². The molecule has 0 saturated carbocycles. The van der Waals surface area contributed by atoms with Gasteiger partial charge in [0.1, 0.15) is 0 Å². The van der Waals surface area contributed by atoms with Crippen LogP contribution in [0.15, 0.2) is 12.1 Å². The van der Waals surface area contributed by atoms with Crippen LogP contribution in [-0.2, 0) is 0 Å². The van der Waals surface area contributed by atoms with Gasteiger partial charge in [0.05, 0.1) is 5.56 Å². The van der Waals surface area contributed by atoms with Gasteiger partial charge in [-0.1, -0.05) is 6.07 Å². The minimum absolute atomic E-state index is 0.00704. The van der Waals surface area contributed by atoms with E-state index in [4.69, 9.17) is 5.73 Å². The first-order valence-electron chi connectivity index (χ1n) is 5.54. The largest absolute Gasteiger partial charge is 0.368 e. The summed E-state index contributed by atoms with van der Waals surface area (Å²) in [6.07, 6.45) is 0. The summed E-state index contributed by atoms with van der Waals surface area (Å²) in [5, 5.41) is 0. The first kappa shape index (κ1) is 13.1. The molecular weight excluding hydrogens is 252 g/mol. The Morgan fingerprint density at radius 3 is 2.37 bits per heavy atom. The molecule has 0 aliphatic heterocycles. The van der Waals surface area contributed by atoms with Gasteiger partial charge in [-0.25, -0.2) is 8.78 Å². The molecule has 100 valence electrons. The van der Waals surface area contributed by atoms with Crippen molar-refractivity contribution in [3.05, 3.63) is 29.3 Å². The topological polar surface area (TPSA) is 67.9 Å². The summed E-state index contributed by atoms with van der Waals surface area (Å²) in [7, 11) is 3.43. The maximum absolute atomic E-state index is 13.9. The number of rotatable bonds is 2. The van der Waals surface area contributed by atoms with Crippen molar-refractivity contribution in [2.45, 2.75) is 6.92 Å². The Balaban J connectivity index is 2.62. The summed E-state index contributed by atoms with van der Waals surface area (Å²) in [6, 6.07) is 2.88. The Labute approximate surface area is 109 Å². The highest BCUT2D eigenvalue weighted by Gasteiger charge is 2.16. The van der Waals surface area contributed by atoms with Crippen LogP contribution in [0.2, 0.25) is 0 Å². The molecule has 1 aromatic heterocycles. The van der Waals surface area contributed by atoms with Crippen LogP contribution in [0.1, 0.15) is 5.56 Å². The van der Waals surface area contributed by atoms with Gasteiger partial charge in [-0.3, -0.25) is 0 Å². The smallest absolute Gasteiger partial charge is 0.230 e. The summed E-state index contributed by atoms with van der Waals surface area (Å²) in [6.45, 7) is 1.48. The van der Waals surface area contributed by atoms with E-state index in [0.717, 1.165) is 0 Å². The van der Waals surface area contributed by atoms with Crippen LogP contribution in [0, 0.1) is 18.6 Å². The lowest BCUT2D eigenvalue weighted by molar-refractivity contribution is 0.505. The van der Waals surface area contributed by atoms with Gasteiger partial charge >= 0.3 is 0 Å². The highest BCUT2D eigenvalue weighted by atomic mass is 19.2. The minimum Gasteiger partial charge on any atom is -0.368 e. The molecule has 0 fully saturated rings. The van der Waals surface area contributed by atoms with Gasteiger partial charge in [-0.05, 0) is 18.6 Å². The molecule has 0 aliphatic carbocycles. The fourth-order valence-corrected chi connectivity index (χ4v) is 1.52. The Hall–Kier alpha value is -2.31. The number of aromatic nitrogens is 3. The Kier molecular flexibility index (Phi) is 3.28.